The van der Waals surface area contributed by atoms with E-state index in [0.29, 0.717) is 5.96 Å². The normalized spacial score (nSPS) is 38.8. The molecule has 28 heavy (non-hydrogen) atoms. The highest BCUT2D eigenvalue weighted by Gasteiger charge is 2.67. The standard InChI is InChI=1S/C23H31N3O2/c1-4-17-10-18(5-6-19(17)28-3)23(20(27)26(2)21(24)25-23)22-11-14-7-15(12-22)9-16(8-14)13-22/h5-6,10,14-16H,4,7-9,11-13H2,1-3H3,(H2,24,25)/t14?,15?,16?,22?,23-/m1/s1. The van der Waals surface area contributed by atoms with Crippen molar-refractivity contribution in [1.82, 2.24) is 4.90 Å². The third kappa shape index (κ3) is 2.19. The fourth-order valence-electron chi connectivity index (χ4n) is 7.31. The van der Waals surface area contributed by atoms with Crippen LogP contribution in [0.4, 0.5) is 0 Å². The van der Waals surface area contributed by atoms with Crippen molar-refractivity contribution < 1.29 is 9.53 Å². The Morgan fingerprint density at radius 1 is 1.18 bits per heavy atom. The Labute approximate surface area is 167 Å². The molecule has 5 aliphatic rings. The van der Waals surface area contributed by atoms with Crippen LogP contribution in [0.25, 0.3) is 0 Å². The third-order valence-corrected chi connectivity index (χ3v) is 8.12. The van der Waals surface area contributed by atoms with Gasteiger partial charge in [-0.25, -0.2) is 4.99 Å². The molecular formula is C23H31N3O2. The number of amides is 1. The molecule has 4 bridgehead atoms. The summed E-state index contributed by atoms with van der Waals surface area (Å²) in [5, 5.41) is 0. The molecule has 2 N–H and O–H groups in total. The number of carbonyl (C=O) groups is 1. The maximum absolute atomic E-state index is 13.8. The highest BCUT2D eigenvalue weighted by Crippen LogP contribution is 2.67. The number of likely N-dealkylation sites (N-methyl/N-ethyl adjacent to an activating group) is 1. The highest BCUT2D eigenvalue weighted by molar-refractivity contribution is 6.07. The summed E-state index contributed by atoms with van der Waals surface area (Å²) in [4.78, 5) is 20.4. The average molecular weight is 382 g/mol. The number of ether oxygens (including phenoxy) is 1. The first-order valence-electron chi connectivity index (χ1n) is 10.7. The molecule has 1 aromatic carbocycles. The van der Waals surface area contributed by atoms with Crippen LogP contribution >= 0.6 is 0 Å². The Kier molecular flexibility index (Phi) is 3.85. The number of hydrogen-bond donors (Lipinski definition) is 1. The molecule has 4 fully saturated rings. The molecule has 0 saturated heterocycles. The lowest BCUT2D eigenvalue weighted by atomic mass is 9.43. The zero-order valence-electron chi connectivity index (χ0n) is 17.2. The smallest absolute Gasteiger partial charge is 0.262 e. The molecule has 1 amide bonds. The van der Waals surface area contributed by atoms with Gasteiger partial charge in [-0.15, -0.1) is 0 Å². The van der Waals surface area contributed by atoms with Gasteiger partial charge in [-0.3, -0.25) is 9.69 Å². The molecule has 5 heteroatoms. The Hall–Kier alpha value is -2.04. The molecular weight excluding hydrogens is 350 g/mol. The van der Waals surface area contributed by atoms with E-state index in [2.05, 4.69) is 19.1 Å². The monoisotopic (exact) mass is 381 g/mol. The summed E-state index contributed by atoms with van der Waals surface area (Å²) in [6.45, 7) is 2.12. The van der Waals surface area contributed by atoms with Gasteiger partial charge in [0.05, 0.1) is 7.11 Å². The van der Waals surface area contributed by atoms with Gasteiger partial charge in [-0.1, -0.05) is 13.0 Å². The predicted molar refractivity (Wildman–Crippen MR) is 109 cm³/mol. The van der Waals surface area contributed by atoms with E-state index in [1.54, 1.807) is 19.1 Å². The quantitative estimate of drug-likeness (QED) is 0.868. The first kappa shape index (κ1) is 18.0. The van der Waals surface area contributed by atoms with Crippen LogP contribution in [-0.2, 0) is 16.8 Å². The van der Waals surface area contributed by atoms with Gasteiger partial charge in [-0.05, 0) is 86.0 Å². The minimum Gasteiger partial charge on any atom is -0.496 e. The number of guanidine groups is 1. The summed E-state index contributed by atoms with van der Waals surface area (Å²) < 4.78 is 5.55. The lowest BCUT2D eigenvalue weighted by molar-refractivity contribution is -0.149. The fraction of sp³-hybridized carbons (Fsp3) is 0.652. The fourth-order valence-corrected chi connectivity index (χ4v) is 7.31. The van der Waals surface area contributed by atoms with Crippen molar-refractivity contribution in [3.05, 3.63) is 29.3 Å². The van der Waals surface area contributed by atoms with Crippen molar-refractivity contribution >= 4 is 11.9 Å². The van der Waals surface area contributed by atoms with Crippen LogP contribution in [0.1, 0.15) is 56.6 Å². The van der Waals surface area contributed by atoms with Crippen LogP contribution in [0.2, 0.25) is 0 Å². The van der Waals surface area contributed by atoms with Gasteiger partial charge < -0.3 is 10.5 Å². The first-order chi connectivity index (χ1) is 13.4. The average Bonchev–Trinajstić information content (AvgIpc) is 2.91. The van der Waals surface area contributed by atoms with Gasteiger partial charge in [0.25, 0.3) is 5.91 Å². The van der Waals surface area contributed by atoms with E-state index in [4.69, 9.17) is 15.5 Å². The number of hydrogen-bond acceptors (Lipinski definition) is 4. The molecule has 0 radical (unpaired) electrons. The molecule has 0 spiro atoms. The second-order valence-electron chi connectivity index (χ2n) is 9.62. The number of nitrogens with zero attached hydrogens (tertiary/aromatic N) is 2. The van der Waals surface area contributed by atoms with Crippen LogP contribution in [0, 0.1) is 23.2 Å². The minimum atomic E-state index is -0.877. The molecule has 1 aliphatic heterocycles. The zero-order valence-corrected chi connectivity index (χ0v) is 17.2. The summed E-state index contributed by atoms with van der Waals surface area (Å²) in [5.74, 6) is 3.50. The molecule has 0 unspecified atom stereocenters. The Morgan fingerprint density at radius 3 is 2.25 bits per heavy atom. The molecule has 1 atom stereocenters. The summed E-state index contributed by atoms with van der Waals surface area (Å²) in [6, 6.07) is 6.23. The van der Waals surface area contributed by atoms with Gasteiger partial charge in [0.2, 0.25) is 0 Å². The molecule has 5 nitrogen and oxygen atoms in total. The van der Waals surface area contributed by atoms with E-state index in [-0.39, 0.29) is 11.3 Å². The summed E-state index contributed by atoms with van der Waals surface area (Å²) in [5.41, 5.74) is 7.41. The Morgan fingerprint density at radius 2 is 1.79 bits per heavy atom. The van der Waals surface area contributed by atoms with Crippen molar-refractivity contribution in [2.75, 3.05) is 14.2 Å². The van der Waals surface area contributed by atoms with E-state index >= 15 is 0 Å². The van der Waals surface area contributed by atoms with Gasteiger partial charge in [0.1, 0.15) is 5.75 Å². The summed E-state index contributed by atoms with van der Waals surface area (Å²) in [7, 11) is 3.47. The van der Waals surface area contributed by atoms with Crippen LogP contribution in [0.15, 0.2) is 23.2 Å². The number of aliphatic imine (C=N–C) groups is 1. The van der Waals surface area contributed by atoms with Gasteiger partial charge >= 0.3 is 0 Å². The van der Waals surface area contributed by atoms with Crippen molar-refractivity contribution in [2.45, 2.75) is 57.4 Å². The molecule has 1 aromatic rings. The van der Waals surface area contributed by atoms with Crippen LogP contribution < -0.4 is 10.5 Å². The second kappa shape index (κ2) is 5.98. The van der Waals surface area contributed by atoms with E-state index in [1.807, 2.05) is 6.07 Å². The number of aryl methyl sites for hydroxylation is 1. The first-order valence-corrected chi connectivity index (χ1v) is 10.7. The van der Waals surface area contributed by atoms with E-state index < -0.39 is 5.54 Å². The highest BCUT2D eigenvalue weighted by atomic mass is 16.5. The van der Waals surface area contributed by atoms with Gasteiger partial charge in [0, 0.05) is 12.5 Å². The maximum Gasteiger partial charge on any atom is 0.262 e. The Balaban J connectivity index is 1.72. The van der Waals surface area contributed by atoms with Crippen molar-refractivity contribution in [1.29, 1.82) is 0 Å². The molecule has 150 valence electrons. The van der Waals surface area contributed by atoms with Crippen molar-refractivity contribution in [2.24, 2.45) is 33.9 Å². The van der Waals surface area contributed by atoms with Crippen molar-refractivity contribution in [3.63, 3.8) is 0 Å². The number of rotatable bonds is 4. The zero-order chi connectivity index (χ0) is 19.7. The topological polar surface area (TPSA) is 67.9 Å². The summed E-state index contributed by atoms with van der Waals surface area (Å²) >= 11 is 0. The third-order valence-electron chi connectivity index (χ3n) is 8.12. The number of methoxy groups -OCH3 is 1. The van der Waals surface area contributed by atoms with Crippen LogP contribution in [0.5, 0.6) is 5.75 Å². The predicted octanol–water partition coefficient (Wildman–Crippen LogP) is 3.46. The SMILES string of the molecule is CCc1cc([C@@]2(C34CC5CC(CC(C5)C3)C4)N=C(N)N(C)C2=O)ccc1OC. The summed E-state index contributed by atoms with van der Waals surface area (Å²) in [6.07, 6.45) is 8.16. The molecule has 1 heterocycles. The molecule has 6 rings (SSSR count). The maximum atomic E-state index is 13.8. The van der Waals surface area contributed by atoms with E-state index in [0.717, 1.165) is 60.3 Å². The van der Waals surface area contributed by atoms with Crippen LogP contribution in [0.3, 0.4) is 0 Å². The Bertz CT molecular complexity index is 826. The number of carbonyl (C=O) groups excluding carboxylic acids is 1. The molecule has 4 aliphatic carbocycles. The molecule has 0 aromatic heterocycles. The largest absolute Gasteiger partial charge is 0.496 e. The van der Waals surface area contributed by atoms with Crippen molar-refractivity contribution in [3.8, 4) is 5.75 Å². The minimum absolute atomic E-state index is 0.0548. The molecule has 4 saturated carbocycles. The van der Waals surface area contributed by atoms with Crippen LogP contribution in [-0.4, -0.2) is 30.9 Å². The number of nitrogens with two attached hydrogens (primary N) is 1. The lowest BCUT2D eigenvalue weighted by Crippen LogP contribution is -2.59. The lowest BCUT2D eigenvalue weighted by Gasteiger charge is -2.61. The van der Waals surface area contributed by atoms with E-state index in [9.17, 15) is 4.79 Å². The second-order valence-corrected chi connectivity index (χ2v) is 9.62. The van der Waals surface area contributed by atoms with Gasteiger partial charge in [-0.2, -0.15) is 0 Å². The number of benzene rings is 1. The van der Waals surface area contributed by atoms with E-state index in [1.165, 1.54) is 19.3 Å². The van der Waals surface area contributed by atoms with Gasteiger partial charge in [0.15, 0.2) is 11.5 Å².